The molecule has 0 saturated carbocycles. The molecule has 17 heavy (non-hydrogen) atoms. The van der Waals surface area contributed by atoms with Crippen molar-refractivity contribution < 1.29 is 0 Å². The topological polar surface area (TPSA) is 3.24 Å². The predicted molar refractivity (Wildman–Crippen MR) is 73.7 cm³/mol. The van der Waals surface area contributed by atoms with Gasteiger partial charge in [0.2, 0.25) is 0 Å². The first kappa shape index (κ1) is 10.4. The van der Waals surface area contributed by atoms with Crippen LogP contribution in [0.25, 0.3) is 11.1 Å². The highest BCUT2D eigenvalue weighted by Gasteiger charge is 2.24. The largest absolute Gasteiger partial charge is 0.378 e. The van der Waals surface area contributed by atoms with E-state index in [2.05, 4.69) is 68.4 Å². The van der Waals surface area contributed by atoms with Gasteiger partial charge in [0.25, 0.3) is 0 Å². The second-order valence-electron chi connectivity index (χ2n) is 4.97. The van der Waals surface area contributed by atoms with E-state index in [1.165, 1.54) is 27.9 Å². The van der Waals surface area contributed by atoms with E-state index in [-0.39, 0.29) is 0 Å². The maximum atomic E-state index is 2.32. The van der Waals surface area contributed by atoms with Gasteiger partial charge in [-0.05, 0) is 34.4 Å². The number of hydrogen-bond donors (Lipinski definition) is 0. The Morgan fingerprint density at radius 1 is 0.882 bits per heavy atom. The zero-order valence-electron chi connectivity index (χ0n) is 10.6. The lowest BCUT2D eigenvalue weighted by atomic mass is 9.99. The minimum atomic E-state index is 0.515. The van der Waals surface area contributed by atoms with E-state index >= 15 is 0 Å². The number of fused-ring (bicyclic) bond motifs is 3. The van der Waals surface area contributed by atoms with Crippen LogP contribution < -0.4 is 4.90 Å². The van der Waals surface area contributed by atoms with Crippen LogP contribution in [0.3, 0.4) is 0 Å². The van der Waals surface area contributed by atoms with Gasteiger partial charge in [-0.15, -0.1) is 0 Å². The summed E-state index contributed by atoms with van der Waals surface area (Å²) in [6, 6.07) is 15.5. The number of anilines is 1. The monoisotopic (exact) mass is 223 g/mol. The Bertz CT molecular complexity index is 569. The summed E-state index contributed by atoms with van der Waals surface area (Å²) in [6.07, 6.45) is 0. The molecule has 1 nitrogen and oxygen atoms in total. The first-order chi connectivity index (χ1) is 8.18. The summed E-state index contributed by atoms with van der Waals surface area (Å²) in [7, 11) is 4.18. The average molecular weight is 223 g/mol. The van der Waals surface area contributed by atoms with Gasteiger partial charge in [0, 0.05) is 25.7 Å². The van der Waals surface area contributed by atoms with Gasteiger partial charge in [-0.1, -0.05) is 37.3 Å². The quantitative estimate of drug-likeness (QED) is 0.709. The van der Waals surface area contributed by atoms with E-state index < -0.39 is 0 Å². The number of nitrogens with zero attached hydrogens (tertiary/aromatic N) is 1. The first-order valence-corrected chi connectivity index (χ1v) is 6.09. The van der Waals surface area contributed by atoms with Gasteiger partial charge in [0.1, 0.15) is 0 Å². The maximum Gasteiger partial charge on any atom is 0.0364 e. The molecule has 0 aliphatic heterocycles. The highest BCUT2D eigenvalue weighted by atomic mass is 15.1. The zero-order chi connectivity index (χ0) is 12.0. The lowest BCUT2D eigenvalue weighted by Crippen LogP contribution is -2.08. The SMILES string of the molecule is CC1c2ccccc2-c2ccc(N(C)C)cc21. The highest BCUT2D eigenvalue weighted by molar-refractivity contribution is 5.80. The van der Waals surface area contributed by atoms with Crippen LogP contribution in [0.2, 0.25) is 0 Å². The molecular weight excluding hydrogens is 206 g/mol. The van der Waals surface area contributed by atoms with Crippen molar-refractivity contribution in [2.24, 2.45) is 0 Å². The molecule has 0 N–H and O–H groups in total. The molecule has 0 aromatic heterocycles. The van der Waals surface area contributed by atoms with Crippen LogP contribution in [0.4, 0.5) is 5.69 Å². The Morgan fingerprint density at radius 3 is 2.35 bits per heavy atom. The molecule has 1 unspecified atom stereocenters. The van der Waals surface area contributed by atoms with Gasteiger partial charge < -0.3 is 4.90 Å². The van der Waals surface area contributed by atoms with Crippen molar-refractivity contribution >= 4 is 5.69 Å². The Kier molecular flexibility index (Phi) is 2.22. The third kappa shape index (κ3) is 1.46. The summed E-state index contributed by atoms with van der Waals surface area (Å²) in [5.41, 5.74) is 7.00. The standard InChI is InChI=1S/C16H17N/c1-11-13-6-4-5-7-14(13)15-9-8-12(17(2)3)10-16(11)15/h4-11H,1-3H3. The van der Waals surface area contributed by atoms with E-state index in [4.69, 9.17) is 0 Å². The van der Waals surface area contributed by atoms with Gasteiger partial charge in [0.05, 0.1) is 0 Å². The normalized spacial score (nSPS) is 16.5. The number of rotatable bonds is 1. The molecule has 0 bridgehead atoms. The molecule has 1 atom stereocenters. The summed E-state index contributed by atoms with van der Waals surface area (Å²) in [5, 5.41) is 0. The molecule has 1 aliphatic carbocycles. The van der Waals surface area contributed by atoms with E-state index in [0.717, 1.165) is 0 Å². The molecule has 0 fully saturated rings. The molecule has 1 heteroatoms. The van der Waals surface area contributed by atoms with Crippen LogP contribution in [0.5, 0.6) is 0 Å². The first-order valence-electron chi connectivity index (χ1n) is 6.09. The lowest BCUT2D eigenvalue weighted by Gasteiger charge is -2.15. The predicted octanol–water partition coefficient (Wildman–Crippen LogP) is 3.88. The molecule has 1 aliphatic rings. The minimum Gasteiger partial charge on any atom is -0.378 e. The summed E-state index contributed by atoms with van der Waals surface area (Å²) in [4.78, 5) is 2.16. The molecule has 0 heterocycles. The van der Waals surface area contributed by atoms with Crippen molar-refractivity contribution in [3.05, 3.63) is 53.6 Å². The molecule has 2 aromatic rings. The molecule has 0 saturated heterocycles. The Hall–Kier alpha value is -1.76. The van der Waals surface area contributed by atoms with Crippen LogP contribution in [0.15, 0.2) is 42.5 Å². The smallest absolute Gasteiger partial charge is 0.0364 e. The zero-order valence-corrected chi connectivity index (χ0v) is 10.6. The second kappa shape index (κ2) is 3.63. The second-order valence-corrected chi connectivity index (χ2v) is 4.97. The Morgan fingerprint density at radius 2 is 1.59 bits per heavy atom. The maximum absolute atomic E-state index is 2.32. The minimum absolute atomic E-state index is 0.515. The van der Waals surface area contributed by atoms with Crippen LogP contribution in [0.1, 0.15) is 24.0 Å². The number of hydrogen-bond acceptors (Lipinski definition) is 1. The Labute approximate surface area is 103 Å². The van der Waals surface area contributed by atoms with Crippen molar-refractivity contribution in [2.45, 2.75) is 12.8 Å². The number of benzene rings is 2. The fraction of sp³-hybridized carbons (Fsp3) is 0.250. The summed E-state index contributed by atoms with van der Waals surface area (Å²) < 4.78 is 0. The van der Waals surface area contributed by atoms with Crippen molar-refractivity contribution in [1.82, 2.24) is 0 Å². The van der Waals surface area contributed by atoms with Crippen molar-refractivity contribution in [3.63, 3.8) is 0 Å². The average Bonchev–Trinajstić information content (AvgIpc) is 2.64. The highest BCUT2D eigenvalue weighted by Crippen LogP contribution is 2.45. The Balaban J connectivity index is 2.20. The van der Waals surface area contributed by atoms with Gasteiger partial charge >= 0.3 is 0 Å². The van der Waals surface area contributed by atoms with E-state index in [0.29, 0.717) is 5.92 Å². The summed E-state index contributed by atoms with van der Waals surface area (Å²) >= 11 is 0. The van der Waals surface area contributed by atoms with Crippen molar-refractivity contribution in [2.75, 3.05) is 19.0 Å². The molecule has 86 valence electrons. The van der Waals surface area contributed by atoms with Crippen molar-refractivity contribution in [1.29, 1.82) is 0 Å². The third-order valence-electron chi connectivity index (χ3n) is 3.74. The molecule has 0 spiro atoms. The van der Waals surface area contributed by atoms with Crippen LogP contribution >= 0.6 is 0 Å². The van der Waals surface area contributed by atoms with E-state index in [1.54, 1.807) is 0 Å². The lowest BCUT2D eigenvalue weighted by molar-refractivity contribution is 0.954. The fourth-order valence-corrected chi connectivity index (χ4v) is 2.72. The van der Waals surface area contributed by atoms with E-state index in [9.17, 15) is 0 Å². The summed E-state index contributed by atoms with van der Waals surface area (Å²) in [5.74, 6) is 0.515. The van der Waals surface area contributed by atoms with Gasteiger partial charge in [-0.3, -0.25) is 0 Å². The van der Waals surface area contributed by atoms with Gasteiger partial charge in [-0.2, -0.15) is 0 Å². The van der Waals surface area contributed by atoms with Crippen LogP contribution in [0, 0.1) is 0 Å². The molecule has 2 aromatic carbocycles. The fourth-order valence-electron chi connectivity index (χ4n) is 2.72. The van der Waals surface area contributed by atoms with Gasteiger partial charge in [-0.25, -0.2) is 0 Å². The van der Waals surface area contributed by atoms with E-state index in [1.807, 2.05) is 0 Å². The molecule has 0 radical (unpaired) electrons. The third-order valence-corrected chi connectivity index (χ3v) is 3.74. The summed E-state index contributed by atoms with van der Waals surface area (Å²) in [6.45, 7) is 2.30. The molecular formula is C16H17N. The van der Waals surface area contributed by atoms with Crippen LogP contribution in [-0.2, 0) is 0 Å². The van der Waals surface area contributed by atoms with Crippen molar-refractivity contribution in [3.8, 4) is 11.1 Å². The van der Waals surface area contributed by atoms with Gasteiger partial charge in [0.15, 0.2) is 0 Å². The molecule has 3 rings (SSSR count). The molecule has 0 amide bonds. The van der Waals surface area contributed by atoms with Crippen LogP contribution in [-0.4, -0.2) is 14.1 Å².